The van der Waals surface area contributed by atoms with Gasteiger partial charge in [0.05, 0.1) is 7.11 Å². The standard InChI is InChI=1S/C16H19NO/c1-3-17-12-6-9-15-14-8-5-4-7-13(14)10-11-16(15)18-2/h4-11,17H,3,12H2,1-2H3. The fourth-order valence-corrected chi connectivity index (χ4v) is 2.03. The van der Waals surface area contributed by atoms with Crippen molar-refractivity contribution < 1.29 is 4.74 Å². The van der Waals surface area contributed by atoms with Gasteiger partial charge in [0.15, 0.2) is 0 Å². The van der Waals surface area contributed by atoms with Crippen LogP contribution >= 0.6 is 0 Å². The van der Waals surface area contributed by atoms with E-state index in [1.54, 1.807) is 7.11 Å². The van der Waals surface area contributed by atoms with Gasteiger partial charge >= 0.3 is 0 Å². The van der Waals surface area contributed by atoms with Crippen molar-refractivity contribution in [1.29, 1.82) is 0 Å². The Labute approximate surface area is 108 Å². The van der Waals surface area contributed by atoms with Crippen LogP contribution in [0.15, 0.2) is 42.5 Å². The molecule has 2 heteroatoms. The molecule has 2 aromatic carbocycles. The number of benzene rings is 2. The smallest absolute Gasteiger partial charge is 0.126 e. The molecule has 0 saturated carbocycles. The average Bonchev–Trinajstić information content (AvgIpc) is 2.43. The predicted octanol–water partition coefficient (Wildman–Crippen LogP) is 3.47. The molecule has 0 radical (unpaired) electrons. The molecule has 0 fully saturated rings. The molecule has 2 rings (SSSR count). The first-order valence-electron chi connectivity index (χ1n) is 6.29. The molecule has 18 heavy (non-hydrogen) atoms. The van der Waals surface area contributed by atoms with Gasteiger partial charge in [0, 0.05) is 12.1 Å². The second-order valence-electron chi connectivity index (χ2n) is 4.11. The first-order valence-corrected chi connectivity index (χ1v) is 6.29. The van der Waals surface area contributed by atoms with Crippen LogP contribution in [0.3, 0.4) is 0 Å². The maximum atomic E-state index is 5.44. The van der Waals surface area contributed by atoms with Crippen molar-refractivity contribution >= 4 is 16.8 Å². The molecular weight excluding hydrogens is 222 g/mol. The summed E-state index contributed by atoms with van der Waals surface area (Å²) in [6.07, 6.45) is 4.26. The molecule has 0 heterocycles. The van der Waals surface area contributed by atoms with Crippen molar-refractivity contribution in [2.75, 3.05) is 20.2 Å². The zero-order chi connectivity index (χ0) is 12.8. The summed E-state index contributed by atoms with van der Waals surface area (Å²) in [5, 5.41) is 5.74. The fraction of sp³-hybridized carbons (Fsp3) is 0.250. The molecule has 1 N–H and O–H groups in total. The minimum Gasteiger partial charge on any atom is -0.496 e. The number of hydrogen-bond donors (Lipinski definition) is 1. The summed E-state index contributed by atoms with van der Waals surface area (Å²) in [7, 11) is 1.71. The average molecular weight is 241 g/mol. The molecule has 94 valence electrons. The number of nitrogens with one attached hydrogen (secondary N) is 1. The fourth-order valence-electron chi connectivity index (χ4n) is 2.03. The molecule has 0 spiro atoms. The van der Waals surface area contributed by atoms with Crippen molar-refractivity contribution in [3.63, 3.8) is 0 Å². The molecule has 0 bridgehead atoms. The summed E-state index contributed by atoms with van der Waals surface area (Å²) in [5.74, 6) is 0.918. The van der Waals surface area contributed by atoms with E-state index in [0.717, 1.165) is 24.4 Å². The summed E-state index contributed by atoms with van der Waals surface area (Å²) in [5.41, 5.74) is 1.15. The lowest BCUT2D eigenvalue weighted by Gasteiger charge is -2.08. The van der Waals surface area contributed by atoms with Crippen LogP contribution in [0.1, 0.15) is 12.5 Å². The Kier molecular flexibility index (Phi) is 4.37. The summed E-state index contributed by atoms with van der Waals surface area (Å²) in [6.45, 7) is 3.96. The second kappa shape index (κ2) is 6.22. The molecule has 0 amide bonds. The van der Waals surface area contributed by atoms with E-state index in [9.17, 15) is 0 Å². The molecular formula is C16H19NO. The monoisotopic (exact) mass is 241 g/mol. The van der Waals surface area contributed by atoms with Crippen LogP contribution in [0, 0.1) is 0 Å². The van der Waals surface area contributed by atoms with Crippen LogP contribution in [0.5, 0.6) is 5.75 Å². The van der Waals surface area contributed by atoms with E-state index in [4.69, 9.17) is 4.74 Å². The number of methoxy groups -OCH3 is 1. The molecule has 0 aliphatic rings. The van der Waals surface area contributed by atoms with E-state index in [0.29, 0.717) is 0 Å². The minimum absolute atomic E-state index is 0.878. The minimum atomic E-state index is 0.878. The normalized spacial score (nSPS) is 11.2. The van der Waals surface area contributed by atoms with Gasteiger partial charge in [-0.2, -0.15) is 0 Å². The van der Waals surface area contributed by atoms with Crippen LogP contribution in [0.25, 0.3) is 16.8 Å². The SMILES string of the molecule is CCNCC=Cc1c(OC)ccc2ccccc12. The third kappa shape index (κ3) is 2.71. The molecule has 0 aliphatic heterocycles. The van der Waals surface area contributed by atoms with Gasteiger partial charge in [-0.05, 0) is 23.4 Å². The largest absolute Gasteiger partial charge is 0.496 e. The summed E-state index contributed by atoms with van der Waals surface area (Å²) in [6, 6.07) is 12.5. The van der Waals surface area contributed by atoms with Crippen LogP contribution in [-0.2, 0) is 0 Å². The quantitative estimate of drug-likeness (QED) is 0.809. The van der Waals surface area contributed by atoms with Gasteiger partial charge in [0.1, 0.15) is 5.75 Å². The molecule has 0 saturated heterocycles. The van der Waals surface area contributed by atoms with Crippen molar-refractivity contribution in [3.8, 4) is 5.75 Å². The Morgan fingerprint density at radius 1 is 1.17 bits per heavy atom. The lowest BCUT2D eigenvalue weighted by Crippen LogP contribution is -2.11. The van der Waals surface area contributed by atoms with E-state index in [-0.39, 0.29) is 0 Å². The first-order chi connectivity index (χ1) is 8.86. The van der Waals surface area contributed by atoms with Crippen LogP contribution in [0.2, 0.25) is 0 Å². The Balaban J connectivity index is 2.41. The van der Waals surface area contributed by atoms with Crippen LogP contribution in [-0.4, -0.2) is 20.2 Å². The Morgan fingerprint density at radius 3 is 2.78 bits per heavy atom. The van der Waals surface area contributed by atoms with Gasteiger partial charge in [0.2, 0.25) is 0 Å². The van der Waals surface area contributed by atoms with Crippen molar-refractivity contribution in [1.82, 2.24) is 5.32 Å². The Bertz CT molecular complexity index is 546. The highest BCUT2D eigenvalue weighted by Crippen LogP contribution is 2.28. The molecule has 0 unspecified atom stereocenters. The van der Waals surface area contributed by atoms with Gasteiger partial charge in [-0.15, -0.1) is 0 Å². The van der Waals surface area contributed by atoms with E-state index in [1.807, 2.05) is 6.07 Å². The van der Waals surface area contributed by atoms with Crippen molar-refractivity contribution in [2.45, 2.75) is 6.92 Å². The molecule has 0 atom stereocenters. The summed E-state index contributed by atoms with van der Waals surface area (Å²) >= 11 is 0. The number of fused-ring (bicyclic) bond motifs is 1. The number of ether oxygens (including phenoxy) is 1. The predicted molar refractivity (Wildman–Crippen MR) is 78.1 cm³/mol. The molecule has 2 nitrogen and oxygen atoms in total. The van der Waals surface area contributed by atoms with Gasteiger partial charge in [-0.3, -0.25) is 0 Å². The van der Waals surface area contributed by atoms with Gasteiger partial charge < -0.3 is 10.1 Å². The molecule has 0 aliphatic carbocycles. The lowest BCUT2D eigenvalue weighted by molar-refractivity contribution is 0.414. The van der Waals surface area contributed by atoms with Gasteiger partial charge in [-0.25, -0.2) is 0 Å². The Hall–Kier alpha value is -1.80. The van der Waals surface area contributed by atoms with Crippen molar-refractivity contribution in [2.24, 2.45) is 0 Å². The number of likely N-dealkylation sites (N-methyl/N-ethyl adjacent to an activating group) is 1. The first kappa shape index (κ1) is 12.7. The zero-order valence-corrected chi connectivity index (χ0v) is 10.9. The van der Waals surface area contributed by atoms with E-state index >= 15 is 0 Å². The summed E-state index contributed by atoms with van der Waals surface area (Å²) < 4.78 is 5.44. The highest BCUT2D eigenvalue weighted by molar-refractivity contribution is 5.93. The van der Waals surface area contributed by atoms with E-state index in [1.165, 1.54) is 10.8 Å². The third-order valence-electron chi connectivity index (χ3n) is 2.95. The van der Waals surface area contributed by atoms with E-state index in [2.05, 4.69) is 54.7 Å². The number of rotatable bonds is 5. The lowest BCUT2D eigenvalue weighted by atomic mass is 10.0. The van der Waals surface area contributed by atoms with E-state index < -0.39 is 0 Å². The van der Waals surface area contributed by atoms with Crippen LogP contribution in [0.4, 0.5) is 0 Å². The van der Waals surface area contributed by atoms with Gasteiger partial charge in [-0.1, -0.05) is 49.4 Å². The van der Waals surface area contributed by atoms with Gasteiger partial charge in [0.25, 0.3) is 0 Å². The highest BCUT2D eigenvalue weighted by Gasteiger charge is 2.04. The molecule has 2 aromatic rings. The second-order valence-corrected chi connectivity index (χ2v) is 4.11. The maximum Gasteiger partial charge on any atom is 0.126 e. The topological polar surface area (TPSA) is 21.3 Å². The highest BCUT2D eigenvalue weighted by atomic mass is 16.5. The van der Waals surface area contributed by atoms with Crippen LogP contribution < -0.4 is 10.1 Å². The Morgan fingerprint density at radius 2 is 2.00 bits per heavy atom. The zero-order valence-electron chi connectivity index (χ0n) is 10.9. The summed E-state index contributed by atoms with van der Waals surface area (Å²) in [4.78, 5) is 0. The third-order valence-corrected chi connectivity index (χ3v) is 2.95. The maximum absolute atomic E-state index is 5.44. The number of hydrogen-bond acceptors (Lipinski definition) is 2. The molecule has 0 aromatic heterocycles. The van der Waals surface area contributed by atoms with Crippen molar-refractivity contribution in [3.05, 3.63) is 48.0 Å².